The van der Waals surface area contributed by atoms with E-state index in [9.17, 15) is 4.79 Å². The van der Waals surface area contributed by atoms with Crippen molar-refractivity contribution in [3.8, 4) is 0 Å². The van der Waals surface area contributed by atoms with Gasteiger partial charge in [-0.2, -0.15) is 0 Å². The molecule has 30 heavy (non-hydrogen) atoms. The molecule has 1 aromatic rings. The van der Waals surface area contributed by atoms with E-state index in [1.54, 1.807) is 0 Å². The summed E-state index contributed by atoms with van der Waals surface area (Å²) in [4.78, 5) is 21.1. The first kappa shape index (κ1) is 24.9. The molecule has 1 amide bonds. The molecular formula is C23H38IN5O. The van der Waals surface area contributed by atoms with Gasteiger partial charge in [0.05, 0.1) is 6.54 Å². The molecule has 0 aromatic heterocycles. The van der Waals surface area contributed by atoms with Crippen LogP contribution >= 0.6 is 24.0 Å². The van der Waals surface area contributed by atoms with E-state index >= 15 is 0 Å². The van der Waals surface area contributed by atoms with Gasteiger partial charge in [0.25, 0.3) is 0 Å². The summed E-state index contributed by atoms with van der Waals surface area (Å²) in [5.74, 6) is 1.14. The number of benzene rings is 1. The molecule has 1 heterocycles. The summed E-state index contributed by atoms with van der Waals surface area (Å²) in [6, 6.07) is 11.3. The van der Waals surface area contributed by atoms with E-state index in [2.05, 4.69) is 69.6 Å². The molecule has 6 nitrogen and oxygen atoms in total. The van der Waals surface area contributed by atoms with Crippen LogP contribution in [-0.2, 0) is 10.2 Å². The second kappa shape index (κ2) is 11.9. The minimum absolute atomic E-state index is 0. The van der Waals surface area contributed by atoms with Crippen LogP contribution in [0.15, 0.2) is 35.3 Å². The Morgan fingerprint density at radius 1 is 1.10 bits per heavy atom. The third-order valence-electron chi connectivity index (χ3n) is 6.52. The largest absolute Gasteiger partial charge is 0.355 e. The second-order valence-corrected chi connectivity index (χ2v) is 8.36. The third-order valence-corrected chi connectivity index (χ3v) is 6.52. The minimum atomic E-state index is 0. The van der Waals surface area contributed by atoms with E-state index in [-0.39, 0.29) is 35.3 Å². The first-order valence-corrected chi connectivity index (χ1v) is 11.1. The zero-order chi connectivity index (χ0) is 20.7. The maximum absolute atomic E-state index is 12.0. The number of piperazine rings is 1. The van der Waals surface area contributed by atoms with Crippen LogP contribution in [0.3, 0.4) is 0 Å². The Bertz CT molecular complexity index is 680. The molecule has 1 saturated carbocycles. The average Bonchev–Trinajstić information content (AvgIpc) is 3.57. The van der Waals surface area contributed by atoms with Crippen LogP contribution in [-0.4, -0.2) is 74.0 Å². The quantitative estimate of drug-likeness (QED) is 0.310. The van der Waals surface area contributed by atoms with Gasteiger partial charge in [0, 0.05) is 51.2 Å². The normalized spacial score (nSPS) is 18.0. The lowest BCUT2D eigenvalue weighted by atomic mass is 9.76. The number of rotatable bonds is 8. The van der Waals surface area contributed by atoms with Crippen molar-refractivity contribution in [3.05, 3.63) is 35.9 Å². The number of nitrogens with zero attached hydrogens (tertiary/aromatic N) is 3. The number of aliphatic imine (C=N–C) groups is 1. The molecule has 3 rings (SSSR count). The molecule has 0 spiro atoms. The number of amides is 1. The van der Waals surface area contributed by atoms with Crippen LogP contribution in [0.4, 0.5) is 0 Å². The van der Waals surface area contributed by atoms with E-state index in [1.165, 1.54) is 5.56 Å². The van der Waals surface area contributed by atoms with Gasteiger partial charge in [0.2, 0.25) is 5.91 Å². The van der Waals surface area contributed by atoms with Gasteiger partial charge in [0.1, 0.15) is 0 Å². The van der Waals surface area contributed by atoms with E-state index in [0.29, 0.717) is 12.6 Å². The van der Waals surface area contributed by atoms with Gasteiger partial charge in [-0.05, 0) is 31.2 Å². The van der Waals surface area contributed by atoms with E-state index < -0.39 is 0 Å². The zero-order valence-electron chi connectivity index (χ0n) is 18.7. The fraction of sp³-hybridized carbons (Fsp3) is 0.652. The van der Waals surface area contributed by atoms with Crippen molar-refractivity contribution >= 4 is 35.8 Å². The van der Waals surface area contributed by atoms with E-state index in [4.69, 9.17) is 0 Å². The summed E-state index contributed by atoms with van der Waals surface area (Å²) >= 11 is 0. The molecule has 1 aliphatic carbocycles. The summed E-state index contributed by atoms with van der Waals surface area (Å²) in [7, 11) is 1.86. The molecule has 1 saturated heterocycles. The maximum Gasteiger partial charge on any atom is 0.234 e. The number of nitrogens with one attached hydrogen (secondary N) is 2. The number of guanidine groups is 1. The van der Waals surface area contributed by atoms with Gasteiger partial charge >= 0.3 is 0 Å². The topological polar surface area (TPSA) is 60.0 Å². The fourth-order valence-electron chi connectivity index (χ4n) is 4.20. The average molecular weight is 527 g/mol. The summed E-state index contributed by atoms with van der Waals surface area (Å²) in [5.41, 5.74) is 1.50. The number of hydrogen-bond donors (Lipinski definition) is 2. The van der Waals surface area contributed by atoms with Crippen molar-refractivity contribution in [1.82, 2.24) is 20.4 Å². The summed E-state index contributed by atoms with van der Waals surface area (Å²) in [6.07, 6.45) is 4.45. The number of hydrogen-bond acceptors (Lipinski definition) is 3. The summed E-state index contributed by atoms with van der Waals surface area (Å²) in [6.45, 7) is 9.51. The van der Waals surface area contributed by atoms with Gasteiger partial charge in [0.15, 0.2) is 5.96 Å². The number of halogens is 1. The van der Waals surface area contributed by atoms with Gasteiger partial charge < -0.3 is 15.5 Å². The molecule has 1 aliphatic heterocycles. The Morgan fingerprint density at radius 2 is 1.73 bits per heavy atom. The highest BCUT2D eigenvalue weighted by Gasteiger charge is 2.30. The van der Waals surface area contributed by atoms with Crippen molar-refractivity contribution < 1.29 is 4.79 Å². The summed E-state index contributed by atoms with van der Waals surface area (Å²) < 4.78 is 0. The lowest BCUT2D eigenvalue weighted by Gasteiger charge is -2.38. The Hall–Kier alpha value is -1.35. The molecule has 2 N–H and O–H groups in total. The lowest BCUT2D eigenvalue weighted by molar-refractivity contribution is -0.122. The third kappa shape index (κ3) is 6.57. The maximum atomic E-state index is 12.0. The standard InChI is InChI=1S/C23H37N5O.HI/c1-4-23(5-2,19-9-7-6-8-10-19)18-25-22(24-3)28-15-13-27(14-16-28)17-21(29)26-20-11-12-20;/h6-10,20H,4-5,11-18H2,1-3H3,(H,24,25)(H,26,29);1H. The molecule has 2 aliphatic rings. The van der Waals surface area contributed by atoms with E-state index in [0.717, 1.165) is 64.4 Å². The van der Waals surface area contributed by atoms with Crippen molar-refractivity contribution in [2.24, 2.45) is 4.99 Å². The van der Waals surface area contributed by atoms with E-state index in [1.807, 2.05) is 7.05 Å². The molecule has 0 bridgehead atoms. The second-order valence-electron chi connectivity index (χ2n) is 8.36. The minimum Gasteiger partial charge on any atom is -0.355 e. The Balaban J connectivity index is 0.00000320. The molecule has 0 atom stereocenters. The van der Waals surface area contributed by atoms with Crippen LogP contribution in [0.1, 0.15) is 45.1 Å². The van der Waals surface area contributed by atoms with Crippen molar-refractivity contribution in [3.63, 3.8) is 0 Å². The van der Waals surface area contributed by atoms with Gasteiger partial charge in [-0.25, -0.2) is 0 Å². The van der Waals surface area contributed by atoms with Crippen molar-refractivity contribution in [1.29, 1.82) is 0 Å². The number of carbonyl (C=O) groups is 1. The Kier molecular flexibility index (Phi) is 9.87. The first-order chi connectivity index (χ1) is 14.1. The molecule has 0 radical (unpaired) electrons. The molecule has 0 unspecified atom stereocenters. The lowest BCUT2D eigenvalue weighted by Crippen LogP contribution is -2.55. The highest BCUT2D eigenvalue weighted by atomic mass is 127. The van der Waals surface area contributed by atoms with Crippen molar-refractivity contribution in [2.45, 2.75) is 51.0 Å². The van der Waals surface area contributed by atoms with Gasteiger partial charge in [-0.3, -0.25) is 14.7 Å². The first-order valence-electron chi connectivity index (χ1n) is 11.1. The molecule has 1 aromatic carbocycles. The predicted octanol–water partition coefficient (Wildman–Crippen LogP) is 2.83. The zero-order valence-corrected chi connectivity index (χ0v) is 21.0. The van der Waals surface area contributed by atoms with Crippen LogP contribution in [0.2, 0.25) is 0 Å². The highest BCUT2D eigenvalue weighted by molar-refractivity contribution is 14.0. The Morgan fingerprint density at radius 3 is 2.27 bits per heavy atom. The molecule has 2 fully saturated rings. The molecule has 7 heteroatoms. The number of carbonyl (C=O) groups excluding carboxylic acids is 1. The summed E-state index contributed by atoms with van der Waals surface area (Å²) in [5, 5.41) is 6.73. The van der Waals surface area contributed by atoms with Crippen LogP contribution in [0.5, 0.6) is 0 Å². The fourth-order valence-corrected chi connectivity index (χ4v) is 4.20. The SMILES string of the molecule is CCC(CC)(CNC(=NC)N1CCN(CC(=O)NC2CC2)CC1)c1ccccc1.I. The highest BCUT2D eigenvalue weighted by Crippen LogP contribution is 2.31. The van der Waals surface area contributed by atoms with Crippen molar-refractivity contribution in [2.75, 3.05) is 46.3 Å². The monoisotopic (exact) mass is 527 g/mol. The smallest absolute Gasteiger partial charge is 0.234 e. The molecular weight excluding hydrogens is 489 g/mol. The Labute approximate surface area is 198 Å². The van der Waals surface area contributed by atoms with Crippen LogP contribution in [0.25, 0.3) is 0 Å². The predicted molar refractivity (Wildman–Crippen MR) is 135 cm³/mol. The van der Waals surface area contributed by atoms with Crippen LogP contribution in [0, 0.1) is 0 Å². The van der Waals surface area contributed by atoms with Crippen LogP contribution < -0.4 is 10.6 Å². The molecule has 168 valence electrons. The van der Waals surface area contributed by atoms with Gasteiger partial charge in [-0.15, -0.1) is 24.0 Å². The van der Waals surface area contributed by atoms with Gasteiger partial charge in [-0.1, -0.05) is 44.2 Å².